The van der Waals surface area contributed by atoms with Crippen molar-refractivity contribution in [1.82, 2.24) is 30.0 Å². The van der Waals surface area contributed by atoms with E-state index < -0.39 is 38.3 Å². The van der Waals surface area contributed by atoms with Gasteiger partial charge in [0.2, 0.25) is 0 Å². The molecular formula is C23H24F4N8O3S. The van der Waals surface area contributed by atoms with E-state index in [0.717, 1.165) is 12.1 Å². The summed E-state index contributed by atoms with van der Waals surface area (Å²) in [4.78, 5) is 14.3. The van der Waals surface area contributed by atoms with Crippen molar-refractivity contribution in [2.75, 3.05) is 43.3 Å². The minimum absolute atomic E-state index is 0.0212. The fraction of sp³-hybridized carbons (Fsp3) is 0.304. The number of sulfonamides is 1. The van der Waals surface area contributed by atoms with E-state index in [-0.39, 0.29) is 18.0 Å². The van der Waals surface area contributed by atoms with Gasteiger partial charge in [0.25, 0.3) is 10.0 Å². The number of H-pyrrole nitrogens is 1. The molecule has 0 aliphatic heterocycles. The lowest BCUT2D eigenvalue weighted by Gasteiger charge is -2.16. The molecule has 4 N–H and O–H groups in total. The van der Waals surface area contributed by atoms with Crippen molar-refractivity contribution in [1.29, 1.82) is 0 Å². The molecule has 4 aromatic rings. The third-order valence-electron chi connectivity index (χ3n) is 5.68. The number of halogens is 4. The minimum Gasteiger partial charge on any atom is -0.395 e. The Morgan fingerprint density at radius 1 is 1.13 bits per heavy atom. The molecule has 4 rings (SSSR count). The Labute approximate surface area is 220 Å². The first-order chi connectivity index (χ1) is 18.4. The number of fused-ring (bicyclic) bond motifs is 1. The molecule has 3 aromatic heterocycles. The van der Waals surface area contributed by atoms with Crippen LogP contribution >= 0.6 is 0 Å². The Morgan fingerprint density at radius 2 is 1.90 bits per heavy atom. The number of rotatable bonds is 10. The van der Waals surface area contributed by atoms with Crippen LogP contribution < -0.4 is 10.0 Å². The highest BCUT2D eigenvalue weighted by molar-refractivity contribution is 7.92. The maximum Gasteiger partial charge on any atom is 0.416 e. The SMILES string of the molecule is Cc1n[nH]c2nc(-c3ccc(NS(=O)(=O)c4cc(C(F)(F)F)ccn4)c(F)c3)nc(NCCN(C)CCO)c12. The number of pyridine rings is 1. The molecule has 0 amide bonds. The van der Waals surface area contributed by atoms with Gasteiger partial charge < -0.3 is 15.3 Å². The number of nitrogens with one attached hydrogen (secondary N) is 3. The predicted molar refractivity (Wildman–Crippen MR) is 135 cm³/mol. The van der Waals surface area contributed by atoms with Crippen LogP contribution in [0.4, 0.5) is 29.1 Å². The Morgan fingerprint density at radius 3 is 2.59 bits per heavy atom. The molecule has 0 unspecified atom stereocenters. The quantitative estimate of drug-likeness (QED) is 0.212. The van der Waals surface area contributed by atoms with Crippen molar-refractivity contribution in [2.45, 2.75) is 18.1 Å². The van der Waals surface area contributed by atoms with Gasteiger partial charge in [-0.05, 0) is 44.3 Å². The van der Waals surface area contributed by atoms with E-state index in [4.69, 9.17) is 5.11 Å². The zero-order chi connectivity index (χ0) is 28.4. The van der Waals surface area contributed by atoms with E-state index in [1.807, 2.05) is 16.7 Å². The zero-order valence-corrected chi connectivity index (χ0v) is 21.5. The van der Waals surface area contributed by atoms with Gasteiger partial charge in [-0.2, -0.15) is 26.7 Å². The van der Waals surface area contributed by atoms with Crippen LogP contribution in [0.15, 0.2) is 41.6 Å². The van der Waals surface area contributed by atoms with Gasteiger partial charge >= 0.3 is 6.18 Å². The summed E-state index contributed by atoms with van der Waals surface area (Å²) in [5.74, 6) is -0.447. The van der Waals surface area contributed by atoms with Crippen molar-refractivity contribution in [2.24, 2.45) is 0 Å². The molecular weight excluding hydrogens is 544 g/mol. The second-order valence-corrected chi connectivity index (χ2v) is 10.2. The summed E-state index contributed by atoms with van der Waals surface area (Å²) in [6.45, 7) is 3.36. The minimum atomic E-state index is -4.78. The monoisotopic (exact) mass is 568 g/mol. The molecule has 0 saturated heterocycles. The van der Waals surface area contributed by atoms with E-state index >= 15 is 0 Å². The number of hydrogen-bond acceptors (Lipinski definition) is 9. The first kappa shape index (κ1) is 28.1. The van der Waals surface area contributed by atoms with Crippen LogP contribution in [0.25, 0.3) is 22.4 Å². The van der Waals surface area contributed by atoms with Gasteiger partial charge in [0.1, 0.15) is 11.6 Å². The molecule has 0 radical (unpaired) electrons. The molecule has 0 atom stereocenters. The summed E-state index contributed by atoms with van der Waals surface area (Å²) in [5, 5.41) is 18.9. The summed E-state index contributed by atoms with van der Waals surface area (Å²) in [6, 6.07) is 4.46. The number of benzene rings is 1. The predicted octanol–water partition coefficient (Wildman–Crippen LogP) is 3.02. The number of aromatic amines is 1. The first-order valence-electron chi connectivity index (χ1n) is 11.5. The number of nitrogens with zero attached hydrogens (tertiary/aromatic N) is 5. The van der Waals surface area contributed by atoms with Gasteiger partial charge in [-0.3, -0.25) is 9.82 Å². The summed E-state index contributed by atoms with van der Waals surface area (Å²) in [6.07, 6.45) is -4.07. The lowest BCUT2D eigenvalue weighted by atomic mass is 10.1. The molecule has 0 spiro atoms. The van der Waals surface area contributed by atoms with Crippen molar-refractivity contribution < 1.29 is 31.1 Å². The van der Waals surface area contributed by atoms with Crippen LogP contribution in [0, 0.1) is 12.7 Å². The number of hydrogen-bond donors (Lipinski definition) is 4. The highest BCUT2D eigenvalue weighted by atomic mass is 32.2. The van der Waals surface area contributed by atoms with Gasteiger partial charge in [0.05, 0.1) is 28.9 Å². The summed E-state index contributed by atoms with van der Waals surface area (Å²) < 4.78 is 81.1. The molecule has 0 aliphatic carbocycles. The lowest BCUT2D eigenvalue weighted by molar-refractivity contribution is -0.137. The first-order valence-corrected chi connectivity index (χ1v) is 13.0. The molecule has 16 heteroatoms. The number of anilines is 2. The van der Waals surface area contributed by atoms with E-state index in [1.165, 1.54) is 6.07 Å². The number of aliphatic hydroxyl groups excluding tert-OH is 1. The van der Waals surface area contributed by atoms with Crippen molar-refractivity contribution in [3.05, 3.63) is 53.6 Å². The zero-order valence-electron chi connectivity index (χ0n) is 20.7. The van der Waals surface area contributed by atoms with Crippen LogP contribution in [-0.2, 0) is 16.2 Å². The van der Waals surface area contributed by atoms with Gasteiger partial charge in [0.15, 0.2) is 16.5 Å². The maximum atomic E-state index is 15.0. The van der Waals surface area contributed by atoms with E-state index in [1.54, 1.807) is 6.92 Å². The third kappa shape index (κ3) is 6.40. The standard InChI is InChI=1S/C23H24F4N8O3S/c1-13-19-21(29-7-8-35(2)9-10-36)30-20(31-22(19)33-32-13)14-3-4-17(16(24)11-14)34-39(37,38)18-12-15(5-6-28-18)23(25,26)27/h3-6,11-12,34,36H,7-10H2,1-2H3,(H2,29,30,31,32,33). The molecule has 1 aromatic carbocycles. The van der Waals surface area contributed by atoms with E-state index in [2.05, 4.69) is 30.5 Å². The maximum absolute atomic E-state index is 15.0. The number of alkyl halides is 3. The normalized spacial score (nSPS) is 12.3. The van der Waals surface area contributed by atoms with Gasteiger partial charge in [-0.25, -0.2) is 19.3 Å². The van der Waals surface area contributed by atoms with Crippen molar-refractivity contribution >= 4 is 32.6 Å². The second kappa shape index (κ2) is 11.1. The highest BCUT2D eigenvalue weighted by Gasteiger charge is 2.32. The molecule has 0 aliphatic rings. The Bertz CT molecular complexity index is 1590. The van der Waals surface area contributed by atoms with Crippen LogP contribution in [0.1, 0.15) is 11.3 Å². The van der Waals surface area contributed by atoms with Gasteiger partial charge in [-0.1, -0.05) is 0 Å². The molecule has 39 heavy (non-hydrogen) atoms. The molecule has 0 bridgehead atoms. The fourth-order valence-corrected chi connectivity index (χ4v) is 4.69. The average molecular weight is 569 g/mol. The van der Waals surface area contributed by atoms with Crippen LogP contribution in [0.3, 0.4) is 0 Å². The molecule has 0 fully saturated rings. The number of aliphatic hydroxyl groups is 1. The highest BCUT2D eigenvalue weighted by Crippen LogP contribution is 2.31. The lowest BCUT2D eigenvalue weighted by Crippen LogP contribution is -2.28. The smallest absolute Gasteiger partial charge is 0.395 e. The Balaban J connectivity index is 1.60. The van der Waals surface area contributed by atoms with Crippen LogP contribution in [0.5, 0.6) is 0 Å². The average Bonchev–Trinajstić information content (AvgIpc) is 3.25. The van der Waals surface area contributed by atoms with E-state index in [0.29, 0.717) is 60.5 Å². The molecule has 3 heterocycles. The van der Waals surface area contributed by atoms with Gasteiger partial charge in [0, 0.05) is 31.4 Å². The molecule has 0 saturated carbocycles. The van der Waals surface area contributed by atoms with Crippen LogP contribution in [0.2, 0.25) is 0 Å². The fourth-order valence-electron chi connectivity index (χ4n) is 3.65. The summed E-state index contributed by atoms with van der Waals surface area (Å²) >= 11 is 0. The van der Waals surface area contributed by atoms with Crippen molar-refractivity contribution in [3.8, 4) is 11.4 Å². The van der Waals surface area contributed by atoms with E-state index in [9.17, 15) is 26.0 Å². The third-order valence-corrected chi connectivity index (χ3v) is 6.94. The van der Waals surface area contributed by atoms with Gasteiger partial charge in [-0.15, -0.1) is 0 Å². The van der Waals surface area contributed by atoms with Crippen molar-refractivity contribution in [3.63, 3.8) is 0 Å². The number of likely N-dealkylation sites (N-methyl/N-ethyl adjacent to an activating group) is 1. The number of aryl methyl sites for hydroxylation is 1. The molecule has 11 nitrogen and oxygen atoms in total. The van der Waals surface area contributed by atoms with Crippen LogP contribution in [-0.4, -0.2) is 76.9 Å². The molecule has 208 valence electrons. The topological polar surface area (TPSA) is 149 Å². The number of aromatic nitrogens is 5. The Kier molecular flexibility index (Phi) is 7.99. The second-order valence-electron chi connectivity index (χ2n) is 8.56. The Hall–Kier alpha value is -3.89. The largest absolute Gasteiger partial charge is 0.416 e. The summed E-state index contributed by atoms with van der Waals surface area (Å²) in [5.41, 5.74) is -0.463. The summed E-state index contributed by atoms with van der Waals surface area (Å²) in [7, 11) is -2.77.